The number of hydrogen-bond donors (Lipinski definition) is 0. The molecule has 0 aliphatic rings. The summed E-state index contributed by atoms with van der Waals surface area (Å²) in [6, 6.07) is 12.0. The number of carbonyl (C=O) groups is 2. The van der Waals surface area contributed by atoms with Gasteiger partial charge >= 0.3 is 0 Å². The van der Waals surface area contributed by atoms with Crippen LogP contribution in [0.25, 0.3) is 0 Å². The third-order valence-electron chi connectivity index (χ3n) is 8.03. The molecule has 2 aromatic carbocycles. The van der Waals surface area contributed by atoms with E-state index < -0.39 is 11.6 Å². The number of Topliss-reactive ketones (excluding diaryl/α,β-unsaturated/α-hetero) is 2. The number of hydrogen-bond acceptors (Lipinski definition) is 4. The van der Waals surface area contributed by atoms with Crippen LogP contribution in [0.4, 0.5) is 0 Å². The summed E-state index contributed by atoms with van der Waals surface area (Å²) >= 11 is 3.38. The largest absolute Gasteiger partial charge is 0.490 e. The Kier molecular flexibility index (Phi) is 20.9. The van der Waals surface area contributed by atoms with Crippen molar-refractivity contribution in [3.05, 3.63) is 58.1 Å². The van der Waals surface area contributed by atoms with E-state index in [-0.39, 0.29) is 0 Å². The third kappa shape index (κ3) is 16.5. The van der Waals surface area contributed by atoms with E-state index in [2.05, 4.69) is 29.8 Å². The second kappa shape index (κ2) is 24.2. The molecule has 0 radical (unpaired) electrons. The summed E-state index contributed by atoms with van der Waals surface area (Å²) in [6.45, 7) is 5.71. The van der Waals surface area contributed by atoms with Crippen LogP contribution in [-0.2, 0) is 0 Å². The van der Waals surface area contributed by atoms with Gasteiger partial charge in [0.25, 0.3) is 0 Å². The van der Waals surface area contributed by atoms with Gasteiger partial charge in [0.05, 0.1) is 13.2 Å². The number of halogens is 1. The maximum absolute atomic E-state index is 13.1. The SMILES string of the molecule is CCCCCCCCCCCCOc1ccc(C(=O)C(=O)c2ccc(Br)cc2)cc1OCCCCCCCCCCCC. The van der Waals surface area contributed by atoms with Crippen LogP contribution < -0.4 is 9.47 Å². The second-order valence-electron chi connectivity index (χ2n) is 11.9. The van der Waals surface area contributed by atoms with Crippen molar-refractivity contribution in [3.63, 3.8) is 0 Å². The summed E-state index contributed by atoms with van der Waals surface area (Å²) in [4.78, 5) is 25.9. The van der Waals surface area contributed by atoms with Crippen LogP contribution in [0, 0.1) is 0 Å². The number of carbonyl (C=O) groups excluding carboxylic acids is 2. The summed E-state index contributed by atoms with van der Waals surface area (Å²) in [7, 11) is 0. The van der Waals surface area contributed by atoms with Crippen molar-refractivity contribution >= 4 is 27.5 Å². The minimum absolute atomic E-state index is 0.331. The first-order valence-corrected chi connectivity index (χ1v) is 18.1. The Morgan fingerprint density at radius 1 is 0.488 bits per heavy atom. The minimum Gasteiger partial charge on any atom is -0.490 e. The average molecular weight is 658 g/mol. The van der Waals surface area contributed by atoms with Crippen LogP contribution >= 0.6 is 15.9 Å². The molecule has 0 unspecified atom stereocenters. The first-order valence-electron chi connectivity index (χ1n) is 17.3. The first-order chi connectivity index (χ1) is 21.1. The normalized spacial score (nSPS) is 11.0. The van der Waals surface area contributed by atoms with Crippen LogP contribution in [0.1, 0.15) is 163 Å². The van der Waals surface area contributed by atoms with Gasteiger partial charge in [0.2, 0.25) is 11.6 Å². The average Bonchev–Trinajstić information content (AvgIpc) is 3.02. The summed E-state index contributed by atoms with van der Waals surface area (Å²) in [5.41, 5.74) is 0.708. The summed E-state index contributed by atoms with van der Waals surface area (Å²) in [5, 5.41) is 0. The van der Waals surface area contributed by atoms with Crippen LogP contribution in [0.15, 0.2) is 46.9 Å². The van der Waals surface area contributed by atoms with E-state index in [1.807, 2.05) is 0 Å². The fourth-order valence-electron chi connectivity index (χ4n) is 5.29. The van der Waals surface area contributed by atoms with Crippen molar-refractivity contribution in [2.24, 2.45) is 0 Å². The molecule has 0 saturated heterocycles. The minimum atomic E-state index is -0.535. The molecule has 43 heavy (non-hydrogen) atoms. The van der Waals surface area contributed by atoms with Crippen molar-refractivity contribution in [1.82, 2.24) is 0 Å². The zero-order chi connectivity index (χ0) is 31.0. The lowest BCUT2D eigenvalue weighted by molar-refractivity contribution is 0.0816. The maximum Gasteiger partial charge on any atom is 0.233 e. The smallest absolute Gasteiger partial charge is 0.233 e. The maximum atomic E-state index is 13.1. The van der Waals surface area contributed by atoms with Gasteiger partial charge in [-0.2, -0.15) is 0 Å². The number of ketones is 2. The van der Waals surface area contributed by atoms with Crippen molar-refractivity contribution in [2.45, 2.75) is 142 Å². The number of rotatable bonds is 27. The standard InChI is InChI=1S/C38H57BrO4/c1-3-5-7-9-11-13-15-17-19-21-29-42-35-28-25-33(38(41)37(40)32-23-26-34(39)27-24-32)31-36(35)43-30-22-20-18-16-14-12-10-8-6-4-2/h23-28,31H,3-22,29-30H2,1-2H3. The van der Waals surface area contributed by atoms with E-state index in [1.165, 1.54) is 103 Å². The molecule has 2 rings (SSSR count). The molecule has 0 aliphatic carbocycles. The monoisotopic (exact) mass is 656 g/mol. The lowest BCUT2D eigenvalue weighted by Gasteiger charge is -2.14. The first kappa shape index (κ1) is 37.0. The van der Waals surface area contributed by atoms with Gasteiger partial charge in [-0.05, 0) is 55.3 Å². The van der Waals surface area contributed by atoms with Gasteiger partial charge in [0.15, 0.2) is 11.5 Å². The van der Waals surface area contributed by atoms with Crippen LogP contribution in [0.5, 0.6) is 11.5 Å². The van der Waals surface area contributed by atoms with E-state index in [4.69, 9.17) is 9.47 Å². The molecule has 0 bridgehead atoms. The molecule has 240 valence electrons. The summed E-state index contributed by atoms with van der Waals surface area (Å²) in [6.07, 6.45) is 25.4. The van der Waals surface area contributed by atoms with Gasteiger partial charge in [-0.3, -0.25) is 9.59 Å². The fourth-order valence-corrected chi connectivity index (χ4v) is 5.55. The second-order valence-corrected chi connectivity index (χ2v) is 12.8. The van der Waals surface area contributed by atoms with Crippen LogP contribution in [-0.4, -0.2) is 24.8 Å². The topological polar surface area (TPSA) is 52.6 Å². The molecule has 0 atom stereocenters. The molecule has 4 nitrogen and oxygen atoms in total. The van der Waals surface area contributed by atoms with E-state index in [9.17, 15) is 9.59 Å². The van der Waals surface area contributed by atoms with Crippen LogP contribution in [0.3, 0.4) is 0 Å². The van der Waals surface area contributed by atoms with Gasteiger partial charge < -0.3 is 9.47 Å². The zero-order valence-corrected chi connectivity index (χ0v) is 28.7. The predicted octanol–water partition coefficient (Wildman–Crippen LogP) is 12.1. The quantitative estimate of drug-likeness (QED) is 0.0545. The molecule has 0 aromatic heterocycles. The number of benzene rings is 2. The Hall–Kier alpha value is -2.14. The Morgan fingerprint density at radius 3 is 1.33 bits per heavy atom. The molecule has 0 fully saturated rings. The molecule has 0 heterocycles. The van der Waals surface area contributed by atoms with E-state index in [0.717, 1.165) is 30.2 Å². The molecule has 5 heteroatoms. The Morgan fingerprint density at radius 2 is 0.860 bits per heavy atom. The molecular weight excluding hydrogens is 600 g/mol. The third-order valence-corrected chi connectivity index (χ3v) is 8.56. The molecule has 0 saturated carbocycles. The van der Waals surface area contributed by atoms with Gasteiger partial charge in [-0.1, -0.05) is 145 Å². The molecule has 2 aromatic rings. The molecule has 0 aliphatic heterocycles. The van der Waals surface area contributed by atoms with Crippen LogP contribution in [0.2, 0.25) is 0 Å². The molecule has 0 spiro atoms. The van der Waals surface area contributed by atoms with E-state index >= 15 is 0 Å². The van der Waals surface area contributed by atoms with Crippen molar-refractivity contribution in [1.29, 1.82) is 0 Å². The zero-order valence-electron chi connectivity index (χ0n) is 27.1. The fraction of sp³-hybridized carbons (Fsp3) is 0.632. The Bertz CT molecular complexity index is 1020. The van der Waals surface area contributed by atoms with Crippen molar-refractivity contribution in [3.8, 4) is 11.5 Å². The van der Waals surface area contributed by atoms with Crippen molar-refractivity contribution < 1.29 is 19.1 Å². The summed E-state index contributed by atoms with van der Waals surface area (Å²) in [5.74, 6) is 0.146. The van der Waals surface area contributed by atoms with E-state index in [0.29, 0.717) is 35.8 Å². The molecule has 0 amide bonds. The highest BCUT2D eigenvalue weighted by Crippen LogP contribution is 2.30. The van der Waals surface area contributed by atoms with Crippen molar-refractivity contribution in [2.75, 3.05) is 13.2 Å². The highest BCUT2D eigenvalue weighted by atomic mass is 79.9. The predicted molar refractivity (Wildman–Crippen MR) is 184 cm³/mol. The highest BCUT2D eigenvalue weighted by Gasteiger charge is 2.20. The lowest BCUT2D eigenvalue weighted by Crippen LogP contribution is -2.15. The number of ether oxygens (including phenoxy) is 2. The Labute approximate surface area is 270 Å². The van der Waals surface area contributed by atoms with Gasteiger partial charge in [0, 0.05) is 15.6 Å². The Balaban J connectivity index is 1.84. The molecular formula is C38H57BrO4. The lowest BCUT2D eigenvalue weighted by atomic mass is 10.0. The number of unbranched alkanes of at least 4 members (excludes halogenated alkanes) is 18. The molecule has 0 N–H and O–H groups in total. The summed E-state index contributed by atoms with van der Waals surface area (Å²) < 4.78 is 13.1. The van der Waals surface area contributed by atoms with E-state index in [1.54, 1.807) is 42.5 Å². The van der Waals surface area contributed by atoms with Gasteiger partial charge in [-0.15, -0.1) is 0 Å². The highest BCUT2D eigenvalue weighted by molar-refractivity contribution is 9.10. The van der Waals surface area contributed by atoms with Gasteiger partial charge in [0.1, 0.15) is 0 Å². The van der Waals surface area contributed by atoms with Gasteiger partial charge in [-0.25, -0.2) is 0 Å².